The van der Waals surface area contributed by atoms with Gasteiger partial charge in [0.2, 0.25) is 0 Å². The van der Waals surface area contributed by atoms with Gasteiger partial charge in [0.15, 0.2) is 16.4 Å². The predicted molar refractivity (Wildman–Crippen MR) is 133 cm³/mol. The molecule has 8 heteroatoms. The Bertz CT molecular complexity index is 668. The van der Waals surface area contributed by atoms with Crippen molar-refractivity contribution in [3.63, 3.8) is 0 Å². The van der Waals surface area contributed by atoms with E-state index >= 15 is 0 Å². The molecule has 0 fully saturated rings. The van der Waals surface area contributed by atoms with Crippen LogP contribution in [0.5, 0.6) is 10.1 Å². The molecule has 0 aromatic carbocycles. The Morgan fingerprint density at radius 2 is 1.54 bits per heavy atom. The summed E-state index contributed by atoms with van der Waals surface area (Å²) >= 11 is 7.05. The van der Waals surface area contributed by atoms with E-state index in [2.05, 4.69) is 34.0 Å². The average molecular weight is 557 g/mol. The molecule has 0 bridgehead atoms. The minimum Gasteiger partial charge on any atom is -0.484 e. The van der Waals surface area contributed by atoms with Gasteiger partial charge >= 0.3 is 0 Å². The molecular weight excluding hydrogens is 527 g/mol. The van der Waals surface area contributed by atoms with Gasteiger partial charge in [-0.2, -0.15) is 0 Å². The molecule has 1 N–H and O–H groups in total. The molecule has 0 radical (unpaired) electrons. The van der Waals surface area contributed by atoms with Crippen molar-refractivity contribution in [2.24, 2.45) is 0 Å². The highest BCUT2D eigenvalue weighted by Crippen LogP contribution is 2.22. The van der Waals surface area contributed by atoms with Crippen LogP contribution < -0.4 is 9.47 Å². The summed E-state index contributed by atoms with van der Waals surface area (Å²) in [7, 11) is 0. The minimum absolute atomic E-state index is 0. The second-order valence-corrected chi connectivity index (χ2v) is 9.14. The van der Waals surface area contributed by atoms with Crippen molar-refractivity contribution in [2.45, 2.75) is 28.2 Å². The average Bonchev–Trinajstić information content (AvgIpc) is 3.41. The first-order valence-corrected chi connectivity index (χ1v) is 11.9. The monoisotopic (exact) mass is 556 g/mol. The Labute approximate surface area is 194 Å². The fraction of sp³-hybridized carbons (Fsp3) is 0.350. The van der Waals surface area contributed by atoms with E-state index in [0.29, 0.717) is 11.5 Å². The van der Waals surface area contributed by atoms with Gasteiger partial charge in [0.25, 0.3) is 0 Å². The Kier molecular flexibility index (Phi) is 21.7. The predicted octanol–water partition coefficient (Wildman–Crippen LogP) is 7.09. The van der Waals surface area contributed by atoms with Gasteiger partial charge in [-0.1, -0.05) is 24.8 Å². The quantitative estimate of drug-likeness (QED) is 0.269. The van der Waals surface area contributed by atoms with Crippen molar-refractivity contribution in [3.05, 3.63) is 54.9 Å². The minimum atomic E-state index is 0. The van der Waals surface area contributed by atoms with Crippen molar-refractivity contribution >= 4 is 62.9 Å². The molecule has 0 aliphatic carbocycles. The van der Waals surface area contributed by atoms with Gasteiger partial charge < -0.3 is 14.6 Å². The van der Waals surface area contributed by atoms with Gasteiger partial charge in [0.05, 0.1) is 21.0 Å². The molecule has 3 heterocycles. The van der Waals surface area contributed by atoms with Crippen LogP contribution in [-0.2, 0) is 0 Å². The molecule has 0 saturated heterocycles. The zero-order valence-corrected chi connectivity index (χ0v) is 20.2. The summed E-state index contributed by atoms with van der Waals surface area (Å²) in [5.74, 6) is 0. The molecule has 0 spiro atoms. The first kappa shape index (κ1) is 29.3. The molecule has 0 atom stereocenters. The number of aliphatic hydroxyl groups is 1. The van der Waals surface area contributed by atoms with Gasteiger partial charge in [0, 0.05) is 6.61 Å². The number of hydrogen-bond donors (Lipinski definition) is 1. The Morgan fingerprint density at radius 1 is 0.964 bits per heavy atom. The lowest BCUT2D eigenvalue weighted by atomic mass is 10.5. The highest BCUT2D eigenvalue weighted by molar-refractivity contribution is 14.1. The first-order valence-electron chi connectivity index (χ1n) is 8.25. The Hall–Kier alpha value is -0.940. The van der Waals surface area contributed by atoms with Crippen LogP contribution in [-0.4, -0.2) is 31.2 Å². The van der Waals surface area contributed by atoms with Crippen LogP contribution in [0.15, 0.2) is 47.2 Å². The lowest BCUT2D eigenvalue weighted by Crippen LogP contribution is -1.86. The Morgan fingerprint density at radius 3 is 1.89 bits per heavy atom. The standard InChI is InChI=1S/C7H8O2S.C6H8OS.C4H3IS.C2H6O.CH4/c1-2-9-7-4-3-6(5-8)10-7;1-2-7-6-4-3-5-8-6;5-4-2-1-3-6-4;1-2-3;/h3-5H,2H2,1H3;3-5H,2H2,1H3;1-3H;3H,2H2,1H3;1H4. The molecule has 158 valence electrons. The molecule has 4 nitrogen and oxygen atoms in total. The third kappa shape index (κ3) is 16.1. The number of hydrogen-bond acceptors (Lipinski definition) is 7. The summed E-state index contributed by atoms with van der Waals surface area (Å²) in [5.41, 5.74) is 0. The molecule has 3 rings (SSSR count). The smallest absolute Gasteiger partial charge is 0.174 e. The van der Waals surface area contributed by atoms with Crippen molar-refractivity contribution in [1.29, 1.82) is 0 Å². The Balaban J connectivity index is 0. The van der Waals surface area contributed by atoms with Gasteiger partial charge in [-0.15, -0.1) is 22.7 Å². The summed E-state index contributed by atoms with van der Waals surface area (Å²) in [6.07, 6.45) is 0.827. The fourth-order valence-corrected chi connectivity index (χ4v) is 3.82. The molecule has 3 aromatic rings. The van der Waals surface area contributed by atoms with E-state index in [-0.39, 0.29) is 14.0 Å². The molecular formula is C20H29IO4S3. The van der Waals surface area contributed by atoms with E-state index in [1.165, 1.54) is 14.2 Å². The summed E-state index contributed by atoms with van der Waals surface area (Å²) < 4.78 is 11.7. The number of carbonyl (C=O) groups excluding carboxylic acids is 1. The van der Waals surface area contributed by atoms with Crippen molar-refractivity contribution in [2.75, 3.05) is 19.8 Å². The number of halogens is 1. The molecule has 0 aliphatic rings. The normalized spacial score (nSPS) is 8.46. The zero-order chi connectivity index (χ0) is 20.3. The van der Waals surface area contributed by atoms with Crippen LogP contribution >= 0.6 is 56.6 Å². The maximum atomic E-state index is 10.2. The number of carbonyl (C=O) groups is 1. The van der Waals surface area contributed by atoms with E-state index < -0.39 is 0 Å². The summed E-state index contributed by atoms with van der Waals surface area (Å²) in [6, 6.07) is 11.6. The number of aldehydes is 1. The van der Waals surface area contributed by atoms with E-state index in [9.17, 15) is 4.79 Å². The SMILES string of the molecule is C.CCO.CCOc1ccc(C=O)s1.CCOc1cccs1.Ic1cccs1. The fourth-order valence-electron chi connectivity index (χ4n) is 1.36. The van der Waals surface area contributed by atoms with Crippen LogP contribution in [0.25, 0.3) is 0 Å². The number of thiophene rings is 3. The third-order valence-corrected chi connectivity index (χ3v) is 5.75. The summed E-state index contributed by atoms with van der Waals surface area (Å²) in [6.45, 7) is 7.25. The molecule has 0 aliphatic heterocycles. The lowest BCUT2D eigenvalue weighted by molar-refractivity contribution is 0.112. The number of rotatable bonds is 5. The van der Waals surface area contributed by atoms with Crippen LogP contribution in [0.1, 0.15) is 37.9 Å². The largest absolute Gasteiger partial charge is 0.484 e. The molecule has 0 saturated carbocycles. The van der Waals surface area contributed by atoms with E-state index in [1.54, 1.807) is 41.7 Å². The van der Waals surface area contributed by atoms with Crippen LogP contribution in [0, 0.1) is 2.88 Å². The van der Waals surface area contributed by atoms with E-state index in [4.69, 9.17) is 14.6 Å². The third-order valence-electron chi connectivity index (χ3n) is 2.27. The van der Waals surface area contributed by atoms with Gasteiger partial charge in [-0.05, 0) is 84.5 Å². The van der Waals surface area contributed by atoms with Crippen LogP contribution in [0.2, 0.25) is 0 Å². The van der Waals surface area contributed by atoms with E-state index in [0.717, 1.165) is 23.0 Å². The van der Waals surface area contributed by atoms with Crippen molar-refractivity contribution in [3.8, 4) is 10.1 Å². The lowest BCUT2D eigenvalue weighted by Gasteiger charge is -1.94. The van der Waals surface area contributed by atoms with Crippen molar-refractivity contribution in [1.82, 2.24) is 0 Å². The maximum absolute atomic E-state index is 10.2. The summed E-state index contributed by atoms with van der Waals surface area (Å²) in [4.78, 5) is 10.9. The van der Waals surface area contributed by atoms with E-state index in [1.807, 2.05) is 37.4 Å². The summed E-state index contributed by atoms with van der Waals surface area (Å²) in [5, 5.41) is 13.5. The number of ether oxygens (including phenoxy) is 2. The van der Waals surface area contributed by atoms with Gasteiger partial charge in [-0.3, -0.25) is 4.79 Å². The maximum Gasteiger partial charge on any atom is 0.174 e. The highest BCUT2D eigenvalue weighted by Gasteiger charge is 1.96. The second kappa shape index (κ2) is 20.8. The molecule has 0 unspecified atom stereocenters. The molecule has 3 aromatic heterocycles. The van der Waals surface area contributed by atoms with Gasteiger partial charge in [-0.25, -0.2) is 0 Å². The molecule has 28 heavy (non-hydrogen) atoms. The second-order valence-electron chi connectivity index (χ2n) is 4.31. The van der Waals surface area contributed by atoms with Crippen molar-refractivity contribution < 1.29 is 19.4 Å². The number of aliphatic hydroxyl groups excluding tert-OH is 1. The first-order chi connectivity index (χ1) is 13.1. The highest BCUT2D eigenvalue weighted by atomic mass is 127. The molecule has 0 amide bonds. The van der Waals surface area contributed by atoms with Gasteiger partial charge in [0.1, 0.15) is 0 Å². The van der Waals surface area contributed by atoms with Crippen LogP contribution in [0.3, 0.4) is 0 Å². The topological polar surface area (TPSA) is 55.8 Å². The van der Waals surface area contributed by atoms with Crippen LogP contribution in [0.4, 0.5) is 0 Å². The zero-order valence-electron chi connectivity index (χ0n) is 15.6.